The van der Waals surface area contributed by atoms with Crippen LogP contribution in [-0.2, 0) is 0 Å². The van der Waals surface area contributed by atoms with Crippen LogP contribution in [0.4, 0.5) is 29.2 Å². The van der Waals surface area contributed by atoms with E-state index in [2.05, 4.69) is 30.9 Å². The number of hydrogen-bond donors (Lipinski definition) is 4. The van der Waals surface area contributed by atoms with Crippen LogP contribution < -0.4 is 16.0 Å². The van der Waals surface area contributed by atoms with Crippen LogP contribution in [0.5, 0.6) is 5.75 Å². The minimum atomic E-state index is 0.178. The monoisotopic (exact) mass is 376 g/mol. The van der Waals surface area contributed by atoms with Gasteiger partial charge in [0.25, 0.3) is 0 Å². The molecule has 25 heavy (non-hydrogen) atoms. The van der Waals surface area contributed by atoms with Gasteiger partial charge >= 0.3 is 0 Å². The summed E-state index contributed by atoms with van der Waals surface area (Å²) in [5, 5.41) is 19.3. The molecule has 0 fully saturated rings. The van der Waals surface area contributed by atoms with Crippen LogP contribution in [0.3, 0.4) is 0 Å². The van der Waals surface area contributed by atoms with E-state index in [1.165, 1.54) is 0 Å². The maximum atomic E-state index is 9.35. The summed E-state index contributed by atoms with van der Waals surface area (Å²) < 4.78 is 0. The third kappa shape index (κ3) is 4.62. The molecule has 0 saturated carbocycles. The quantitative estimate of drug-likeness (QED) is 0.489. The molecule has 0 aliphatic carbocycles. The summed E-state index contributed by atoms with van der Waals surface area (Å²) in [5.41, 5.74) is 1.38. The summed E-state index contributed by atoms with van der Waals surface area (Å²) in [6.45, 7) is 0. The minimum Gasteiger partial charge on any atom is -0.508 e. The van der Waals surface area contributed by atoms with Gasteiger partial charge in [-0.25, -0.2) is 0 Å². The summed E-state index contributed by atoms with van der Waals surface area (Å²) in [7, 11) is 1.71. The molecule has 3 rings (SSSR count). The molecule has 0 unspecified atom stereocenters. The first-order valence-corrected chi connectivity index (χ1v) is 8.00. The highest BCUT2D eigenvalue weighted by Gasteiger charge is 2.08. The normalized spacial score (nSPS) is 10.4. The Morgan fingerprint density at radius 1 is 0.760 bits per heavy atom. The van der Waals surface area contributed by atoms with E-state index in [0.717, 1.165) is 5.69 Å². The number of rotatable bonds is 5. The summed E-state index contributed by atoms with van der Waals surface area (Å²) in [6, 6.07) is 11.6. The van der Waals surface area contributed by atoms with Gasteiger partial charge in [0.1, 0.15) is 5.75 Å². The zero-order valence-electron chi connectivity index (χ0n) is 13.1. The Bertz CT molecular complexity index is 868. The molecule has 0 radical (unpaired) electrons. The third-order valence-corrected chi connectivity index (χ3v) is 3.54. The van der Waals surface area contributed by atoms with Gasteiger partial charge in [-0.2, -0.15) is 15.0 Å². The standard InChI is InChI=1S/C16H14Cl2N6O/c1-19-14-22-15(20-11-2-4-13(25)5-3-11)24-16(23-14)21-12-7-9(17)6-10(18)8-12/h2-8,25H,1H3,(H3,19,20,21,22,23,24). The zero-order valence-corrected chi connectivity index (χ0v) is 14.6. The summed E-state index contributed by atoms with van der Waals surface area (Å²) in [4.78, 5) is 12.8. The Hall–Kier alpha value is -2.77. The number of phenols is 1. The molecule has 0 aliphatic rings. The predicted octanol–water partition coefficient (Wildman–Crippen LogP) is 4.41. The molecule has 1 heterocycles. The molecule has 0 spiro atoms. The number of hydrogen-bond acceptors (Lipinski definition) is 7. The van der Waals surface area contributed by atoms with Gasteiger partial charge < -0.3 is 21.1 Å². The second-order valence-corrected chi connectivity index (χ2v) is 5.88. The van der Waals surface area contributed by atoms with Crippen LogP contribution in [0.1, 0.15) is 0 Å². The van der Waals surface area contributed by atoms with Gasteiger partial charge in [-0.1, -0.05) is 23.2 Å². The van der Waals surface area contributed by atoms with Crippen LogP contribution in [0.2, 0.25) is 10.0 Å². The van der Waals surface area contributed by atoms with Gasteiger partial charge in [-0.05, 0) is 42.5 Å². The van der Waals surface area contributed by atoms with Crippen molar-refractivity contribution in [2.24, 2.45) is 0 Å². The first-order chi connectivity index (χ1) is 12.0. The van der Waals surface area contributed by atoms with Crippen LogP contribution in [0, 0.1) is 0 Å². The molecule has 0 aliphatic heterocycles. The molecular weight excluding hydrogens is 363 g/mol. The smallest absolute Gasteiger partial charge is 0.233 e. The Balaban J connectivity index is 1.87. The molecule has 2 aromatic carbocycles. The van der Waals surface area contributed by atoms with Crippen molar-refractivity contribution in [1.29, 1.82) is 0 Å². The van der Waals surface area contributed by atoms with Crippen molar-refractivity contribution in [2.75, 3.05) is 23.0 Å². The Morgan fingerprint density at radius 3 is 1.84 bits per heavy atom. The summed E-state index contributed by atoms with van der Waals surface area (Å²) in [5.74, 6) is 1.21. The fourth-order valence-corrected chi connectivity index (χ4v) is 2.55. The molecular formula is C16H14Cl2N6O. The van der Waals surface area contributed by atoms with Gasteiger partial charge in [-0.3, -0.25) is 0 Å². The molecule has 0 atom stereocenters. The fourth-order valence-electron chi connectivity index (χ4n) is 2.03. The topological polar surface area (TPSA) is 95.0 Å². The average molecular weight is 377 g/mol. The lowest BCUT2D eigenvalue weighted by molar-refractivity contribution is 0.475. The maximum Gasteiger partial charge on any atom is 0.233 e. The zero-order chi connectivity index (χ0) is 17.8. The van der Waals surface area contributed by atoms with Gasteiger partial charge in [0, 0.05) is 28.5 Å². The first kappa shape index (κ1) is 17.1. The molecule has 9 heteroatoms. The number of benzene rings is 2. The van der Waals surface area contributed by atoms with Gasteiger partial charge in [-0.15, -0.1) is 0 Å². The van der Waals surface area contributed by atoms with Crippen molar-refractivity contribution in [3.05, 3.63) is 52.5 Å². The highest BCUT2D eigenvalue weighted by Crippen LogP contribution is 2.25. The lowest BCUT2D eigenvalue weighted by Crippen LogP contribution is -2.07. The van der Waals surface area contributed by atoms with Crippen LogP contribution in [0.15, 0.2) is 42.5 Å². The third-order valence-electron chi connectivity index (χ3n) is 3.10. The van der Waals surface area contributed by atoms with E-state index in [9.17, 15) is 5.11 Å². The highest BCUT2D eigenvalue weighted by atomic mass is 35.5. The van der Waals surface area contributed by atoms with Crippen molar-refractivity contribution in [1.82, 2.24) is 15.0 Å². The molecule has 0 amide bonds. The van der Waals surface area contributed by atoms with E-state index < -0.39 is 0 Å². The number of halogens is 2. The molecule has 4 N–H and O–H groups in total. The molecule has 3 aromatic rings. The lowest BCUT2D eigenvalue weighted by atomic mass is 10.3. The van der Waals surface area contributed by atoms with Crippen LogP contribution >= 0.6 is 23.2 Å². The van der Waals surface area contributed by atoms with Crippen molar-refractivity contribution >= 4 is 52.4 Å². The van der Waals surface area contributed by atoms with Gasteiger partial charge in [0.05, 0.1) is 0 Å². The number of nitrogens with one attached hydrogen (secondary N) is 3. The Morgan fingerprint density at radius 2 is 1.28 bits per heavy atom. The number of nitrogens with zero attached hydrogens (tertiary/aromatic N) is 3. The van der Waals surface area contributed by atoms with E-state index in [1.807, 2.05) is 0 Å². The molecule has 7 nitrogen and oxygen atoms in total. The first-order valence-electron chi connectivity index (χ1n) is 7.25. The maximum absolute atomic E-state index is 9.35. The largest absolute Gasteiger partial charge is 0.508 e. The van der Waals surface area contributed by atoms with E-state index in [0.29, 0.717) is 33.6 Å². The SMILES string of the molecule is CNc1nc(Nc2ccc(O)cc2)nc(Nc2cc(Cl)cc(Cl)c2)n1. The van der Waals surface area contributed by atoms with Gasteiger partial charge in [0.15, 0.2) is 0 Å². The molecule has 0 bridgehead atoms. The minimum absolute atomic E-state index is 0.178. The second kappa shape index (κ2) is 7.42. The lowest BCUT2D eigenvalue weighted by Gasteiger charge is -2.10. The Kier molecular flexibility index (Phi) is 5.06. The predicted molar refractivity (Wildman–Crippen MR) is 101 cm³/mol. The van der Waals surface area contributed by atoms with Crippen LogP contribution in [-0.4, -0.2) is 27.1 Å². The number of anilines is 5. The average Bonchev–Trinajstić information content (AvgIpc) is 2.56. The van der Waals surface area contributed by atoms with E-state index in [-0.39, 0.29) is 5.75 Å². The highest BCUT2D eigenvalue weighted by molar-refractivity contribution is 6.35. The molecule has 0 saturated heterocycles. The molecule has 1 aromatic heterocycles. The molecule has 128 valence electrons. The van der Waals surface area contributed by atoms with Crippen LogP contribution in [0.25, 0.3) is 0 Å². The number of phenolic OH excluding ortho intramolecular Hbond substituents is 1. The van der Waals surface area contributed by atoms with E-state index >= 15 is 0 Å². The Labute approximate surface area is 154 Å². The van der Waals surface area contributed by atoms with Crippen molar-refractivity contribution in [3.63, 3.8) is 0 Å². The van der Waals surface area contributed by atoms with Crippen molar-refractivity contribution in [2.45, 2.75) is 0 Å². The van der Waals surface area contributed by atoms with Crippen molar-refractivity contribution in [3.8, 4) is 5.75 Å². The van der Waals surface area contributed by atoms with E-state index in [4.69, 9.17) is 23.2 Å². The summed E-state index contributed by atoms with van der Waals surface area (Å²) >= 11 is 12.0. The number of aromatic hydroxyl groups is 1. The van der Waals surface area contributed by atoms with Gasteiger partial charge in [0.2, 0.25) is 17.8 Å². The number of aromatic nitrogens is 3. The van der Waals surface area contributed by atoms with Crippen molar-refractivity contribution < 1.29 is 5.11 Å². The van der Waals surface area contributed by atoms with E-state index in [1.54, 1.807) is 49.5 Å². The summed E-state index contributed by atoms with van der Waals surface area (Å²) in [6.07, 6.45) is 0. The second-order valence-electron chi connectivity index (χ2n) is 5.01. The fraction of sp³-hybridized carbons (Fsp3) is 0.0625.